The minimum absolute atomic E-state index is 0.141. The van der Waals surface area contributed by atoms with Gasteiger partial charge in [0.25, 0.3) is 0 Å². The number of thioether (sulfide) groups is 1. The first-order valence-electron chi connectivity index (χ1n) is 15.0. The molecule has 0 N–H and O–H groups in total. The SMILES string of the molecule is C=C(/C=C(\C)N=C(C)C1C=Cc2ccccc2C1(C)c1ccccc1)/C(CC)=C(/C=C(/C)C(C)C)SC(C)/C=C/C. The van der Waals surface area contributed by atoms with Crippen LogP contribution in [0, 0.1) is 11.8 Å². The summed E-state index contributed by atoms with van der Waals surface area (Å²) >= 11 is 1.91. The summed E-state index contributed by atoms with van der Waals surface area (Å²) in [5.74, 6) is 0.646. The number of benzene rings is 2. The van der Waals surface area contributed by atoms with E-state index < -0.39 is 0 Å². The van der Waals surface area contributed by atoms with Crippen LogP contribution in [-0.2, 0) is 5.41 Å². The Hall–Kier alpha value is -3.10. The first kappa shape index (κ1) is 32.4. The van der Waals surface area contributed by atoms with E-state index in [0.717, 1.165) is 23.4 Å². The predicted octanol–water partition coefficient (Wildman–Crippen LogP) is 11.5. The van der Waals surface area contributed by atoms with Gasteiger partial charge in [-0.2, -0.15) is 0 Å². The third-order valence-corrected chi connectivity index (χ3v) is 9.40. The van der Waals surface area contributed by atoms with E-state index in [2.05, 4.69) is 160 Å². The largest absolute Gasteiger partial charge is 0.262 e. The highest BCUT2D eigenvalue weighted by Gasteiger charge is 2.41. The van der Waals surface area contributed by atoms with Crippen molar-refractivity contribution in [3.05, 3.63) is 136 Å². The Morgan fingerprint density at radius 2 is 1.66 bits per heavy atom. The van der Waals surface area contributed by atoms with Crippen LogP contribution in [0.25, 0.3) is 6.08 Å². The second-order valence-corrected chi connectivity index (χ2v) is 13.1. The van der Waals surface area contributed by atoms with E-state index in [-0.39, 0.29) is 11.3 Å². The molecule has 2 aromatic rings. The van der Waals surface area contributed by atoms with Crippen LogP contribution in [0.15, 0.2) is 124 Å². The van der Waals surface area contributed by atoms with E-state index in [9.17, 15) is 0 Å². The summed E-state index contributed by atoms with van der Waals surface area (Å²) in [4.78, 5) is 6.51. The van der Waals surface area contributed by atoms with Crippen molar-refractivity contribution in [1.82, 2.24) is 0 Å². The Morgan fingerprint density at radius 1 is 1.00 bits per heavy atom. The molecule has 0 bridgehead atoms. The first-order valence-corrected chi connectivity index (χ1v) is 15.9. The van der Waals surface area contributed by atoms with Crippen molar-refractivity contribution >= 4 is 23.5 Å². The maximum Gasteiger partial charge on any atom is 0.0378 e. The van der Waals surface area contributed by atoms with Gasteiger partial charge >= 0.3 is 0 Å². The van der Waals surface area contributed by atoms with Crippen LogP contribution < -0.4 is 0 Å². The third kappa shape index (κ3) is 7.80. The molecule has 0 radical (unpaired) electrons. The van der Waals surface area contributed by atoms with Gasteiger partial charge in [-0.05, 0) is 86.9 Å². The van der Waals surface area contributed by atoms with Gasteiger partial charge in [0.1, 0.15) is 0 Å². The summed E-state index contributed by atoms with van der Waals surface area (Å²) < 4.78 is 0. The van der Waals surface area contributed by atoms with Gasteiger partial charge in [-0.15, -0.1) is 11.8 Å². The van der Waals surface area contributed by atoms with Gasteiger partial charge in [-0.3, -0.25) is 4.99 Å². The molecule has 0 spiro atoms. The number of allylic oxidation sites excluding steroid dienone is 8. The molecule has 3 unspecified atom stereocenters. The summed E-state index contributed by atoms with van der Waals surface area (Å²) in [6.45, 7) is 24.5. The highest BCUT2D eigenvalue weighted by Crippen LogP contribution is 2.45. The molecular weight excluding hydrogens is 515 g/mol. The van der Waals surface area contributed by atoms with Gasteiger partial charge in [0.05, 0.1) is 0 Å². The fourth-order valence-electron chi connectivity index (χ4n) is 5.71. The zero-order chi connectivity index (χ0) is 30.2. The van der Waals surface area contributed by atoms with Gasteiger partial charge in [-0.25, -0.2) is 0 Å². The molecule has 216 valence electrons. The summed E-state index contributed by atoms with van der Waals surface area (Å²) in [7, 11) is 0. The minimum Gasteiger partial charge on any atom is -0.262 e. The first-order chi connectivity index (χ1) is 19.5. The van der Waals surface area contributed by atoms with Crippen LogP contribution in [0.4, 0.5) is 0 Å². The van der Waals surface area contributed by atoms with Crippen molar-refractivity contribution in [2.75, 3.05) is 0 Å². The zero-order valence-electron chi connectivity index (χ0n) is 26.7. The monoisotopic (exact) mass is 563 g/mol. The molecule has 2 heteroatoms. The topological polar surface area (TPSA) is 12.4 Å². The number of nitrogens with zero attached hydrogens (tertiary/aromatic N) is 1. The molecule has 1 aliphatic carbocycles. The fourth-order valence-corrected chi connectivity index (χ4v) is 7.01. The smallest absolute Gasteiger partial charge is 0.0378 e. The average molecular weight is 564 g/mol. The summed E-state index contributed by atoms with van der Waals surface area (Å²) in [5.41, 5.74) is 9.54. The molecule has 0 heterocycles. The van der Waals surface area contributed by atoms with Crippen molar-refractivity contribution in [3.63, 3.8) is 0 Å². The van der Waals surface area contributed by atoms with Crippen molar-refractivity contribution in [2.45, 2.75) is 79.4 Å². The molecule has 0 saturated heterocycles. The van der Waals surface area contributed by atoms with Crippen molar-refractivity contribution in [1.29, 1.82) is 0 Å². The molecule has 1 aliphatic rings. The van der Waals surface area contributed by atoms with Crippen LogP contribution in [0.3, 0.4) is 0 Å². The summed E-state index contributed by atoms with van der Waals surface area (Å²) in [6, 6.07) is 19.6. The second-order valence-electron chi connectivity index (χ2n) is 11.6. The van der Waals surface area contributed by atoms with E-state index in [1.165, 1.54) is 32.7 Å². The van der Waals surface area contributed by atoms with Gasteiger partial charge in [-0.1, -0.05) is 119 Å². The molecule has 1 nitrogen and oxygen atoms in total. The molecule has 0 aliphatic heterocycles. The van der Waals surface area contributed by atoms with Crippen LogP contribution in [0.1, 0.15) is 85.4 Å². The van der Waals surface area contributed by atoms with Gasteiger partial charge in [0.2, 0.25) is 0 Å². The van der Waals surface area contributed by atoms with Crippen molar-refractivity contribution in [2.24, 2.45) is 16.8 Å². The highest BCUT2D eigenvalue weighted by atomic mass is 32.2. The molecule has 2 aromatic carbocycles. The second kappa shape index (κ2) is 14.7. The van der Waals surface area contributed by atoms with E-state index in [4.69, 9.17) is 4.99 Å². The van der Waals surface area contributed by atoms with E-state index in [0.29, 0.717) is 11.2 Å². The lowest BCUT2D eigenvalue weighted by atomic mass is 9.62. The van der Waals surface area contributed by atoms with Gasteiger partial charge < -0.3 is 0 Å². The number of fused-ring (bicyclic) bond motifs is 1. The number of rotatable bonds is 11. The number of hydrogen-bond acceptors (Lipinski definition) is 2. The van der Waals surface area contributed by atoms with Crippen LogP contribution in [0.5, 0.6) is 0 Å². The molecular formula is C39H49NS. The van der Waals surface area contributed by atoms with Gasteiger partial charge in [0, 0.05) is 32.9 Å². The lowest BCUT2D eigenvalue weighted by molar-refractivity contribution is 0.500. The number of hydrogen-bond donors (Lipinski definition) is 0. The Bertz CT molecular complexity index is 1400. The maximum atomic E-state index is 5.20. The standard InChI is InChI=1S/C39H49NS/c1-11-18-31(8)41-38(26-28(5)27(3)4)35(12-2)29(6)25-30(7)40-32(9)36-24-23-33-19-16-17-22-37(33)39(36,10)34-20-14-13-15-21-34/h11,13-27,31,36H,6,12H2,1-5,7-10H3/b18-11+,28-26-,30-25+,38-35-,40-32?. The molecule has 0 aromatic heterocycles. The van der Waals surface area contributed by atoms with E-state index in [1.54, 1.807) is 0 Å². The predicted molar refractivity (Wildman–Crippen MR) is 186 cm³/mol. The third-order valence-electron chi connectivity index (χ3n) is 8.25. The Kier molecular flexibility index (Phi) is 11.6. The average Bonchev–Trinajstić information content (AvgIpc) is 2.94. The lowest BCUT2D eigenvalue weighted by Crippen LogP contribution is -2.38. The van der Waals surface area contributed by atoms with E-state index in [1.807, 2.05) is 11.8 Å². The van der Waals surface area contributed by atoms with Crippen LogP contribution >= 0.6 is 11.8 Å². The molecule has 3 rings (SSSR count). The molecule has 41 heavy (non-hydrogen) atoms. The fraction of sp³-hybridized carbons (Fsp3) is 0.359. The van der Waals surface area contributed by atoms with Gasteiger partial charge in [0.15, 0.2) is 0 Å². The Morgan fingerprint density at radius 3 is 2.29 bits per heavy atom. The van der Waals surface area contributed by atoms with Crippen LogP contribution in [0.2, 0.25) is 0 Å². The Balaban J connectivity index is 2.03. The Labute approximate surface area is 254 Å². The maximum absolute atomic E-state index is 5.20. The molecule has 0 fully saturated rings. The molecule has 0 amide bonds. The van der Waals surface area contributed by atoms with Crippen molar-refractivity contribution in [3.8, 4) is 0 Å². The lowest BCUT2D eigenvalue weighted by Gasteiger charge is -2.41. The normalized spacial score (nSPS) is 21.2. The molecule has 0 saturated carbocycles. The van der Waals surface area contributed by atoms with Crippen LogP contribution in [-0.4, -0.2) is 11.0 Å². The van der Waals surface area contributed by atoms with E-state index >= 15 is 0 Å². The quantitative estimate of drug-likeness (QED) is 0.150. The minimum atomic E-state index is -0.210. The summed E-state index contributed by atoms with van der Waals surface area (Å²) in [5, 5.41) is 0.391. The number of aliphatic imine (C=N–C) groups is 1. The zero-order valence-corrected chi connectivity index (χ0v) is 27.5. The molecule has 3 atom stereocenters. The highest BCUT2D eigenvalue weighted by molar-refractivity contribution is 8.04. The van der Waals surface area contributed by atoms with Crippen molar-refractivity contribution < 1.29 is 0 Å². The summed E-state index contributed by atoms with van der Waals surface area (Å²) in [6.07, 6.45) is 14.5.